The van der Waals surface area contributed by atoms with Crippen molar-refractivity contribution in [2.45, 2.75) is 51.7 Å². The third kappa shape index (κ3) is 4.90. The molecule has 2 amide bonds. The van der Waals surface area contributed by atoms with E-state index in [4.69, 9.17) is 4.74 Å². The van der Waals surface area contributed by atoms with E-state index in [0.29, 0.717) is 17.0 Å². The molecule has 2 atom stereocenters. The molecule has 2 unspecified atom stereocenters. The van der Waals surface area contributed by atoms with Crippen molar-refractivity contribution in [3.05, 3.63) is 59.2 Å². The molecule has 0 spiro atoms. The number of likely N-dealkylation sites (tertiary alicyclic amines) is 1. The highest BCUT2D eigenvalue weighted by atomic mass is 16.5. The quantitative estimate of drug-likeness (QED) is 0.714. The molecule has 0 aromatic heterocycles. The number of rotatable bonds is 7. The van der Waals surface area contributed by atoms with Gasteiger partial charge >= 0.3 is 0 Å². The highest BCUT2D eigenvalue weighted by Gasteiger charge is 2.33. The Labute approximate surface area is 184 Å². The lowest BCUT2D eigenvalue weighted by atomic mass is 10.1. The Morgan fingerprint density at radius 2 is 1.87 bits per heavy atom. The van der Waals surface area contributed by atoms with Crippen LogP contribution in [0, 0.1) is 12.8 Å². The zero-order chi connectivity index (χ0) is 22.0. The van der Waals surface area contributed by atoms with Crippen LogP contribution in [-0.4, -0.2) is 42.5 Å². The SMILES string of the molecule is COc1cc(NC(=O)C2CC2)c(C)cc1C(=O)NC1CCN(Cc2ccccc2)C1C. The van der Waals surface area contributed by atoms with E-state index in [0.717, 1.165) is 37.9 Å². The molecule has 2 N–H and O–H groups in total. The standard InChI is InChI=1S/C25H31N3O3/c1-16-13-20(23(31-3)14-22(16)27-24(29)19-9-10-19)25(30)26-21-11-12-28(17(21)2)15-18-7-5-4-6-8-18/h4-8,13-14,17,19,21H,9-12,15H2,1-3H3,(H,26,30)(H,27,29). The first-order chi connectivity index (χ1) is 15.0. The van der Waals surface area contributed by atoms with E-state index >= 15 is 0 Å². The van der Waals surface area contributed by atoms with Crippen molar-refractivity contribution in [1.29, 1.82) is 0 Å². The van der Waals surface area contributed by atoms with Gasteiger partial charge in [0.05, 0.1) is 12.7 Å². The van der Waals surface area contributed by atoms with Gasteiger partial charge in [-0.3, -0.25) is 14.5 Å². The lowest BCUT2D eigenvalue weighted by Gasteiger charge is -2.25. The summed E-state index contributed by atoms with van der Waals surface area (Å²) in [4.78, 5) is 27.6. The predicted octanol–water partition coefficient (Wildman–Crippen LogP) is 3.74. The molecule has 164 valence electrons. The summed E-state index contributed by atoms with van der Waals surface area (Å²) in [6, 6.07) is 14.3. The number of aryl methyl sites for hydroxylation is 1. The first kappa shape index (κ1) is 21.4. The maximum atomic E-state index is 13.1. The Hall–Kier alpha value is -2.86. The average Bonchev–Trinajstić information content (AvgIpc) is 3.57. The fraction of sp³-hybridized carbons (Fsp3) is 0.440. The fourth-order valence-corrected chi connectivity index (χ4v) is 4.23. The van der Waals surface area contributed by atoms with E-state index in [1.54, 1.807) is 19.2 Å². The third-order valence-electron chi connectivity index (χ3n) is 6.43. The van der Waals surface area contributed by atoms with Crippen LogP contribution in [0.1, 0.15) is 47.7 Å². The van der Waals surface area contributed by atoms with Gasteiger partial charge in [0, 0.05) is 42.8 Å². The van der Waals surface area contributed by atoms with Gasteiger partial charge < -0.3 is 15.4 Å². The summed E-state index contributed by atoms with van der Waals surface area (Å²) in [5, 5.41) is 6.17. The number of carbonyl (C=O) groups excluding carboxylic acids is 2. The molecule has 1 saturated heterocycles. The second-order valence-corrected chi connectivity index (χ2v) is 8.70. The van der Waals surface area contributed by atoms with Gasteiger partial charge in [-0.1, -0.05) is 30.3 Å². The van der Waals surface area contributed by atoms with Crippen LogP contribution >= 0.6 is 0 Å². The van der Waals surface area contributed by atoms with Gasteiger partial charge in [0.25, 0.3) is 5.91 Å². The average molecular weight is 422 g/mol. The lowest BCUT2D eigenvalue weighted by Crippen LogP contribution is -2.43. The third-order valence-corrected chi connectivity index (χ3v) is 6.43. The zero-order valence-corrected chi connectivity index (χ0v) is 18.5. The second kappa shape index (κ2) is 9.10. The molecule has 31 heavy (non-hydrogen) atoms. The molecule has 2 aromatic carbocycles. The maximum absolute atomic E-state index is 13.1. The number of nitrogens with zero attached hydrogens (tertiary/aromatic N) is 1. The van der Waals surface area contributed by atoms with Gasteiger partial charge in [-0.25, -0.2) is 0 Å². The Bertz CT molecular complexity index is 956. The van der Waals surface area contributed by atoms with Crippen LogP contribution < -0.4 is 15.4 Å². The number of benzene rings is 2. The molecular formula is C25H31N3O3. The molecule has 2 aromatic rings. The van der Waals surface area contributed by atoms with Crippen molar-refractivity contribution >= 4 is 17.5 Å². The minimum Gasteiger partial charge on any atom is -0.496 e. The van der Waals surface area contributed by atoms with Gasteiger partial charge in [0.2, 0.25) is 5.91 Å². The summed E-state index contributed by atoms with van der Waals surface area (Å²) in [5.41, 5.74) is 3.33. The molecule has 0 bridgehead atoms. The van der Waals surface area contributed by atoms with E-state index in [1.807, 2.05) is 13.0 Å². The Morgan fingerprint density at radius 3 is 2.55 bits per heavy atom. The normalized spacial score (nSPS) is 21.0. The van der Waals surface area contributed by atoms with Crippen molar-refractivity contribution in [3.8, 4) is 5.75 Å². The topological polar surface area (TPSA) is 70.7 Å². The Balaban J connectivity index is 1.43. The molecule has 6 nitrogen and oxygen atoms in total. The van der Waals surface area contributed by atoms with E-state index in [2.05, 4.69) is 46.7 Å². The summed E-state index contributed by atoms with van der Waals surface area (Å²) in [5.74, 6) is 0.496. The minimum absolute atomic E-state index is 0.0423. The minimum atomic E-state index is -0.140. The predicted molar refractivity (Wildman–Crippen MR) is 121 cm³/mol. The number of ether oxygens (including phenoxy) is 1. The number of hydrogen-bond acceptors (Lipinski definition) is 4. The number of anilines is 1. The van der Waals surface area contributed by atoms with Crippen molar-refractivity contribution in [3.63, 3.8) is 0 Å². The molecule has 6 heteroatoms. The number of methoxy groups -OCH3 is 1. The van der Waals surface area contributed by atoms with Crippen molar-refractivity contribution in [2.24, 2.45) is 5.92 Å². The molecule has 0 radical (unpaired) electrons. The van der Waals surface area contributed by atoms with Crippen molar-refractivity contribution in [2.75, 3.05) is 19.0 Å². The molecule has 2 aliphatic rings. The molecule has 1 saturated carbocycles. The van der Waals surface area contributed by atoms with Crippen molar-refractivity contribution < 1.29 is 14.3 Å². The van der Waals surface area contributed by atoms with Crippen LogP contribution in [-0.2, 0) is 11.3 Å². The summed E-state index contributed by atoms with van der Waals surface area (Å²) < 4.78 is 5.49. The highest BCUT2D eigenvalue weighted by molar-refractivity contribution is 6.00. The molecular weight excluding hydrogens is 390 g/mol. The second-order valence-electron chi connectivity index (χ2n) is 8.70. The molecule has 1 heterocycles. The first-order valence-corrected chi connectivity index (χ1v) is 11.0. The van der Waals surface area contributed by atoms with E-state index in [1.165, 1.54) is 5.56 Å². The molecule has 1 aliphatic carbocycles. The van der Waals surface area contributed by atoms with Crippen LogP contribution in [0.5, 0.6) is 5.75 Å². The number of nitrogens with one attached hydrogen (secondary N) is 2. The highest BCUT2D eigenvalue weighted by Crippen LogP contribution is 2.33. The van der Waals surface area contributed by atoms with E-state index < -0.39 is 0 Å². The molecule has 2 fully saturated rings. The first-order valence-electron chi connectivity index (χ1n) is 11.0. The van der Waals surface area contributed by atoms with Gasteiger partial charge in [-0.15, -0.1) is 0 Å². The molecule has 1 aliphatic heterocycles. The Kier molecular flexibility index (Phi) is 6.28. The van der Waals surface area contributed by atoms with Crippen LogP contribution in [0.4, 0.5) is 5.69 Å². The fourth-order valence-electron chi connectivity index (χ4n) is 4.23. The van der Waals surface area contributed by atoms with E-state index in [-0.39, 0.29) is 29.8 Å². The van der Waals surface area contributed by atoms with Gasteiger partial charge in [-0.05, 0) is 50.3 Å². The van der Waals surface area contributed by atoms with Crippen LogP contribution in [0.2, 0.25) is 0 Å². The lowest BCUT2D eigenvalue weighted by molar-refractivity contribution is -0.117. The summed E-state index contributed by atoms with van der Waals surface area (Å²) in [6.45, 7) is 5.90. The zero-order valence-electron chi connectivity index (χ0n) is 18.5. The smallest absolute Gasteiger partial charge is 0.255 e. The Morgan fingerprint density at radius 1 is 1.13 bits per heavy atom. The maximum Gasteiger partial charge on any atom is 0.255 e. The largest absolute Gasteiger partial charge is 0.496 e. The molecule has 4 rings (SSSR count). The van der Waals surface area contributed by atoms with Gasteiger partial charge in [-0.2, -0.15) is 0 Å². The monoisotopic (exact) mass is 421 g/mol. The van der Waals surface area contributed by atoms with Crippen LogP contribution in [0.3, 0.4) is 0 Å². The number of hydrogen-bond donors (Lipinski definition) is 2. The van der Waals surface area contributed by atoms with E-state index in [9.17, 15) is 9.59 Å². The summed E-state index contributed by atoms with van der Waals surface area (Å²) in [6.07, 6.45) is 2.81. The van der Waals surface area contributed by atoms with Crippen LogP contribution in [0.15, 0.2) is 42.5 Å². The van der Waals surface area contributed by atoms with Crippen molar-refractivity contribution in [1.82, 2.24) is 10.2 Å². The summed E-state index contributed by atoms with van der Waals surface area (Å²) >= 11 is 0. The summed E-state index contributed by atoms with van der Waals surface area (Å²) in [7, 11) is 1.55. The van der Waals surface area contributed by atoms with Gasteiger partial charge in [0.15, 0.2) is 0 Å². The number of amides is 2. The number of carbonyl (C=O) groups is 2. The van der Waals surface area contributed by atoms with Gasteiger partial charge in [0.1, 0.15) is 5.75 Å². The van der Waals surface area contributed by atoms with Crippen LogP contribution in [0.25, 0.3) is 0 Å².